The van der Waals surface area contributed by atoms with Crippen LogP contribution in [0.25, 0.3) is 10.9 Å². The normalized spacial score (nSPS) is 10.9. The first-order chi connectivity index (χ1) is 13.0. The lowest BCUT2D eigenvalue weighted by atomic mass is 10.1. The van der Waals surface area contributed by atoms with E-state index in [-0.39, 0.29) is 24.9 Å². The monoisotopic (exact) mass is 368 g/mol. The summed E-state index contributed by atoms with van der Waals surface area (Å²) >= 11 is 0. The molecular weight excluding hydrogens is 344 g/mol. The van der Waals surface area contributed by atoms with Crippen LogP contribution in [0.3, 0.4) is 0 Å². The van der Waals surface area contributed by atoms with Gasteiger partial charge in [0.05, 0.1) is 17.1 Å². The van der Waals surface area contributed by atoms with Gasteiger partial charge in [-0.1, -0.05) is 18.2 Å². The molecule has 0 fully saturated rings. The summed E-state index contributed by atoms with van der Waals surface area (Å²) in [5, 5.41) is 8.16. The number of rotatable bonds is 7. The third-order valence-corrected chi connectivity index (χ3v) is 4.64. The van der Waals surface area contributed by atoms with E-state index < -0.39 is 0 Å². The number of carbonyl (C=O) groups excluding carboxylic acids is 2. The maximum absolute atomic E-state index is 12.0. The first-order valence-electron chi connectivity index (χ1n) is 8.96. The van der Waals surface area contributed by atoms with Gasteiger partial charge in [0.2, 0.25) is 0 Å². The van der Waals surface area contributed by atoms with Crippen LogP contribution in [0.5, 0.6) is 0 Å². The lowest BCUT2D eigenvalue weighted by Gasteiger charge is -2.07. The molecule has 142 valence electrons. The highest BCUT2D eigenvalue weighted by molar-refractivity contribution is 5.93. The van der Waals surface area contributed by atoms with E-state index >= 15 is 0 Å². The van der Waals surface area contributed by atoms with Crippen molar-refractivity contribution in [1.29, 1.82) is 0 Å². The molecule has 2 N–H and O–H groups in total. The fourth-order valence-corrected chi connectivity index (χ4v) is 3.11. The number of nitrogens with zero attached hydrogens (tertiary/aromatic N) is 2. The van der Waals surface area contributed by atoms with Crippen LogP contribution in [0.2, 0.25) is 0 Å². The minimum absolute atomic E-state index is 0.276. The second-order valence-corrected chi connectivity index (χ2v) is 6.59. The van der Waals surface area contributed by atoms with Crippen LogP contribution < -0.4 is 5.32 Å². The molecule has 0 aliphatic carbocycles. The molecule has 0 bridgehead atoms. The molecule has 0 aliphatic heterocycles. The maximum Gasteiger partial charge on any atom is 0.306 e. The predicted octanol–water partition coefficient (Wildman–Crippen LogP) is 3.02. The zero-order valence-electron chi connectivity index (χ0n) is 15.8. The second-order valence-electron chi connectivity index (χ2n) is 6.59. The standard InChI is InChI=1S/C20H24N4O3/c1-13-20(14(2)24(3)23-13)22-18(25)12-27-19(26)10-6-7-15-11-21-17-9-5-4-8-16(15)17/h4-5,8-9,11,21H,6-7,10,12H2,1-3H3,(H,22,25). The minimum atomic E-state index is -0.371. The number of nitrogens with one attached hydrogen (secondary N) is 2. The summed E-state index contributed by atoms with van der Waals surface area (Å²) in [6.45, 7) is 3.39. The Labute approximate surface area is 157 Å². The molecule has 27 heavy (non-hydrogen) atoms. The molecule has 0 radical (unpaired) electrons. The summed E-state index contributed by atoms with van der Waals surface area (Å²) in [4.78, 5) is 27.1. The Balaban J connectivity index is 1.42. The Bertz CT molecular complexity index is 971. The number of H-pyrrole nitrogens is 1. The zero-order chi connectivity index (χ0) is 19.4. The van der Waals surface area contributed by atoms with Crippen molar-refractivity contribution in [1.82, 2.24) is 14.8 Å². The van der Waals surface area contributed by atoms with Crippen LogP contribution in [0, 0.1) is 13.8 Å². The van der Waals surface area contributed by atoms with E-state index in [1.165, 1.54) is 10.9 Å². The number of ether oxygens (including phenoxy) is 1. The summed E-state index contributed by atoms with van der Waals surface area (Å²) in [6.07, 6.45) is 3.70. The average Bonchev–Trinajstić information content (AvgIpc) is 3.16. The summed E-state index contributed by atoms with van der Waals surface area (Å²) < 4.78 is 6.78. The highest BCUT2D eigenvalue weighted by Crippen LogP contribution is 2.20. The minimum Gasteiger partial charge on any atom is -0.456 e. The van der Waals surface area contributed by atoms with E-state index in [4.69, 9.17) is 4.74 Å². The number of carbonyl (C=O) groups is 2. The molecule has 0 saturated carbocycles. The van der Waals surface area contributed by atoms with E-state index in [9.17, 15) is 9.59 Å². The Morgan fingerprint density at radius 3 is 2.78 bits per heavy atom. The first kappa shape index (κ1) is 18.7. The number of aromatic amines is 1. The number of aryl methyl sites for hydroxylation is 3. The van der Waals surface area contributed by atoms with Crippen molar-refractivity contribution in [2.45, 2.75) is 33.1 Å². The molecule has 0 atom stereocenters. The van der Waals surface area contributed by atoms with Gasteiger partial charge in [0.1, 0.15) is 0 Å². The number of aromatic nitrogens is 3. The van der Waals surface area contributed by atoms with Gasteiger partial charge < -0.3 is 15.0 Å². The van der Waals surface area contributed by atoms with Gasteiger partial charge in [-0.25, -0.2) is 0 Å². The lowest BCUT2D eigenvalue weighted by molar-refractivity contribution is -0.147. The van der Waals surface area contributed by atoms with Crippen molar-refractivity contribution < 1.29 is 14.3 Å². The number of hydrogen-bond acceptors (Lipinski definition) is 4. The van der Waals surface area contributed by atoms with Crippen molar-refractivity contribution in [3.05, 3.63) is 47.4 Å². The van der Waals surface area contributed by atoms with Crippen LogP contribution in [-0.2, 0) is 27.8 Å². The number of para-hydroxylation sites is 1. The Hall–Kier alpha value is -3.09. The highest BCUT2D eigenvalue weighted by atomic mass is 16.5. The quantitative estimate of drug-likeness (QED) is 0.628. The number of fused-ring (bicyclic) bond motifs is 1. The summed E-state index contributed by atoms with van der Waals surface area (Å²) in [5.41, 5.74) is 4.52. The molecule has 0 aliphatic rings. The van der Waals surface area contributed by atoms with Crippen LogP contribution in [-0.4, -0.2) is 33.2 Å². The van der Waals surface area contributed by atoms with Gasteiger partial charge in [-0.05, 0) is 38.3 Å². The highest BCUT2D eigenvalue weighted by Gasteiger charge is 2.14. The zero-order valence-corrected chi connectivity index (χ0v) is 15.8. The van der Waals surface area contributed by atoms with Crippen molar-refractivity contribution in [3.63, 3.8) is 0 Å². The van der Waals surface area contributed by atoms with Crippen LogP contribution in [0.15, 0.2) is 30.5 Å². The van der Waals surface area contributed by atoms with Crippen molar-refractivity contribution in [2.24, 2.45) is 7.05 Å². The van der Waals surface area contributed by atoms with E-state index in [2.05, 4.69) is 21.5 Å². The van der Waals surface area contributed by atoms with Crippen molar-refractivity contribution in [3.8, 4) is 0 Å². The molecule has 1 amide bonds. The molecule has 0 unspecified atom stereocenters. The molecule has 3 rings (SSSR count). The van der Waals surface area contributed by atoms with Crippen LogP contribution in [0.4, 0.5) is 5.69 Å². The number of hydrogen-bond donors (Lipinski definition) is 2. The van der Waals surface area contributed by atoms with Crippen LogP contribution >= 0.6 is 0 Å². The van der Waals surface area contributed by atoms with Gasteiger partial charge in [-0.15, -0.1) is 0 Å². The molecule has 0 saturated heterocycles. The molecule has 7 nitrogen and oxygen atoms in total. The fraction of sp³-hybridized carbons (Fsp3) is 0.350. The average molecular weight is 368 g/mol. The van der Waals surface area contributed by atoms with Crippen molar-refractivity contribution in [2.75, 3.05) is 11.9 Å². The van der Waals surface area contributed by atoms with E-state index in [0.29, 0.717) is 12.1 Å². The Morgan fingerprint density at radius 1 is 1.26 bits per heavy atom. The van der Waals surface area contributed by atoms with Gasteiger partial charge in [0.15, 0.2) is 6.61 Å². The third kappa shape index (κ3) is 4.36. The molecule has 0 spiro atoms. The van der Waals surface area contributed by atoms with Crippen LogP contribution in [0.1, 0.15) is 29.8 Å². The number of esters is 1. The van der Waals surface area contributed by atoms with E-state index in [0.717, 1.165) is 23.3 Å². The molecule has 1 aromatic carbocycles. The number of benzene rings is 1. The van der Waals surface area contributed by atoms with Gasteiger partial charge in [0.25, 0.3) is 5.91 Å². The summed E-state index contributed by atoms with van der Waals surface area (Å²) in [5.74, 6) is -0.733. The molecule has 2 aromatic heterocycles. The lowest BCUT2D eigenvalue weighted by Crippen LogP contribution is -2.21. The summed E-state index contributed by atoms with van der Waals surface area (Å²) in [6, 6.07) is 8.07. The molecule has 3 aromatic rings. The topological polar surface area (TPSA) is 89.0 Å². The third-order valence-electron chi connectivity index (χ3n) is 4.64. The van der Waals surface area contributed by atoms with Gasteiger partial charge in [-0.2, -0.15) is 5.10 Å². The first-order valence-corrected chi connectivity index (χ1v) is 8.96. The Kier molecular flexibility index (Phi) is 5.59. The van der Waals surface area contributed by atoms with Gasteiger partial charge >= 0.3 is 5.97 Å². The second kappa shape index (κ2) is 8.07. The summed E-state index contributed by atoms with van der Waals surface area (Å²) in [7, 11) is 1.81. The Morgan fingerprint density at radius 2 is 2.04 bits per heavy atom. The van der Waals surface area contributed by atoms with Crippen molar-refractivity contribution >= 4 is 28.5 Å². The van der Waals surface area contributed by atoms with Gasteiger partial charge in [-0.3, -0.25) is 14.3 Å². The van der Waals surface area contributed by atoms with E-state index in [1.54, 1.807) is 4.68 Å². The maximum atomic E-state index is 12.0. The fourth-order valence-electron chi connectivity index (χ4n) is 3.11. The predicted molar refractivity (Wildman–Crippen MR) is 104 cm³/mol. The SMILES string of the molecule is Cc1nn(C)c(C)c1NC(=O)COC(=O)CCCc1c[nH]c2ccccc12. The molecular formula is C20H24N4O3. The largest absolute Gasteiger partial charge is 0.456 e. The molecule has 2 heterocycles. The smallest absolute Gasteiger partial charge is 0.306 e. The van der Waals surface area contributed by atoms with Gasteiger partial charge in [0, 0.05) is 30.6 Å². The number of amides is 1. The number of anilines is 1. The van der Waals surface area contributed by atoms with E-state index in [1.807, 2.05) is 45.3 Å². The molecule has 7 heteroatoms.